The fourth-order valence-electron chi connectivity index (χ4n) is 2.20. The Labute approximate surface area is 144 Å². The first-order chi connectivity index (χ1) is 12.2. The van der Waals surface area contributed by atoms with Gasteiger partial charge < -0.3 is 15.7 Å². The number of carbonyl (C=O) groups is 1. The first-order valence-electron chi connectivity index (χ1n) is 7.77. The Balaban J connectivity index is 1.56. The molecule has 0 aliphatic heterocycles. The summed E-state index contributed by atoms with van der Waals surface area (Å²) in [5.74, 6) is 1.12. The molecule has 1 aromatic carbocycles. The molecule has 25 heavy (non-hydrogen) atoms. The van der Waals surface area contributed by atoms with Crippen molar-refractivity contribution in [1.29, 1.82) is 0 Å². The Bertz CT molecular complexity index is 838. The average Bonchev–Trinajstić information content (AvgIpc) is 2.64. The maximum absolute atomic E-state index is 12.2. The monoisotopic (exact) mass is 335 g/mol. The van der Waals surface area contributed by atoms with Crippen molar-refractivity contribution in [3.63, 3.8) is 0 Å². The van der Waals surface area contributed by atoms with E-state index in [0.29, 0.717) is 30.3 Å². The number of phenols is 1. The molecule has 0 bridgehead atoms. The van der Waals surface area contributed by atoms with Gasteiger partial charge in [-0.2, -0.15) is 0 Å². The van der Waals surface area contributed by atoms with E-state index in [1.54, 1.807) is 42.6 Å². The summed E-state index contributed by atoms with van der Waals surface area (Å²) < 4.78 is 0. The van der Waals surface area contributed by atoms with Crippen LogP contribution in [0.5, 0.6) is 5.75 Å². The third-order valence-corrected chi connectivity index (χ3v) is 3.46. The summed E-state index contributed by atoms with van der Waals surface area (Å²) in [6.45, 7) is 0.481. The zero-order chi connectivity index (χ0) is 17.5. The quantitative estimate of drug-likeness (QED) is 0.639. The molecule has 0 fully saturated rings. The van der Waals surface area contributed by atoms with Gasteiger partial charge in [0.1, 0.15) is 29.4 Å². The van der Waals surface area contributed by atoms with Crippen LogP contribution in [0.25, 0.3) is 0 Å². The van der Waals surface area contributed by atoms with Gasteiger partial charge in [-0.15, -0.1) is 0 Å². The molecule has 7 nitrogen and oxygen atoms in total. The normalized spacial score (nSPS) is 10.2. The van der Waals surface area contributed by atoms with Crippen LogP contribution in [0.4, 0.5) is 11.6 Å². The first-order valence-corrected chi connectivity index (χ1v) is 7.77. The van der Waals surface area contributed by atoms with E-state index in [-0.39, 0.29) is 11.7 Å². The molecular formula is C18H17N5O2. The second kappa shape index (κ2) is 7.87. The number of rotatable bonds is 6. The Kier molecular flexibility index (Phi) is 5.16. The predicted octanol–water partition coefficient (Wildman–Crippen LogP) is 2.29. The smallest absolute Gasteiger partial charge is 0.269 e. The van der Waals surface area contributed by atoms with Gasteiger partial charge in [0.2, 0.25) is 0 Å². The van der Waals surface area contributed by atoms with Crippen molar-refractivity contribution in [2.45, 2.75) is 6.42 Å². The van der Waals surface area contributed by atoms with E-state index in [2.05, 4.69) is 25.6 Å². The summed E-state index contributed by atoms with van der Waals surface area (Å²) in [5.41, 5.74) is 1.36. The minimum atomic E-state index is -0.245. The number of pyridine rings is 1. The molecule has 0 radical (unpaired) electrons. The van der Waals surface area contributed by atoms with Crippen LogP contribution in [0.2, 0.25) is 0 Å². The van der Waals surface area contributed by atoms with E-state index in [0.717, 1.165) is 5.56 Å². The zero-order valence-corrected chi connectivity index (χ0v) is 13.4. The van der Waals surface area contributed by atoms with Crippen molar-refractivity contribution in [3.8, 4) is 5.75 Å². The van der Waals surface area contributed by atoms with Crippen molar-refractivity contribution in [2.24, 2.45) is 0 Å². The highest BCUT2D eigenvalue weighted by Gasteiger charge is 2.08. The lowest BCUT2D eigenvalue weighted by Gasteiger charge is -2.08. The number of nitrogens with one attached hydrogen (secondary N) is 2. The molecule has 0 spiro atoms. The third kappa shape index (κ3) is 4.74. The van der Waals surface area contributed by atoms with Crippen LogP contribution < -0.4 is 10.6 Å². The molecule has 1 amide bonds. The topological polar surface area (TPSA) is 100 Å². The van der Waals surface area contributed by atoms with Crippen LogP contribution in [0.1, 0.15) is 16.1 Å². The molecule has 0 saturated carbocycles. The Morgan fingerprint density at radius 2 is 1.88 bits per heavy atom. The highest BCUT2D eigenvalue weighted by molar-refractivity contribution is 5.92. The molecule has 126 valence electrons. The van der Waals surface area contributed by atoms with Crippen LogP contribution >= 0.6 is 0 Å². The molecule has 3 N–H and O–H groups in total. The molecular weight excluding hydrogens is 318 g/mol. The summed E-state index contributed by atoms with van der Waals surface area (Å²) >= 11 is 0. The van der Waals surface area contributed by atoms with Gasteiger partial charge in [-0.25, -0.2) is 15.0 Å². The lowest BCUT2D eigenvalue weighted by molar-refractivity contribution is 0.0949. The van der Waals surface area contributed by atoms with Crippen molar-refractivity contribution in [2.75, 3.05) is 11.9 Å². The molecule has 0 aliphatic rings. The minimum absolute atomic E-state index is 0.227. The maximum atomic E-state index is 12.2. The lowest BCUT2D eigenvalue weighted by Crippen LogP contribution is -2.26. The van der Waals surface area contributed by atoms with E-state index in [1.165, 1.54) is 6.33 Å². The summed E-state index contributed by atoms with van der Waals surface area (Å²) in [4.78, 5) is 24.4. The van der Waals surface area contributed by atoms with Gasteiger partial charge in [0.15, 0.2) is 0 Å². The number of aromatic hydroxyl groups is 1. The molecule has 0 unspecified atom stereocenters. The Morgan fingerprint density at radius 1 is 1.04 bits per heavy atom. The van der Waals surface area contributed by atoms with E-state index < -0.39 is 0 Å². The van der Waals surface area contributed by atoms with E-state index >= 15 is 0 Å². The summed E-state index contributed by atoms with van der Waals surface area (Å²) in [6, 6.07) is 13.8. The summed E-state index contributed by atoms with van der Waals surface area (Å²) in [5, 5.41) is 15.1. The SMILES string of the molecule is O=C(NCCc1ccc(O)cc1)c1cccc(Nc2ccncn2)n1. The van der Waals surface area contributed by atoms with Crippen molar-refractivity contribution in [1.82, 2.24) is 20.3 Å². The van der Waals surface area contributed by atoms with Crippen LogP contribution in [-0.2, 0) is 6.42 Å². The third-order valence-electron chi connectivity index (χ3n) is 3.46. The van der Waals surface area contributed by atoms with Crippen LogP contribution in [0, 0.1) is 0 Å². The highest BCUT2D eigenvalue weighted by Crippen LogP contribution is 2.12. The molecule has 0 atom stereocenters. The number of amides is 1. The van der Waals surface area contributed by atoms with Gasteiger partial charge in [-0.05, 0) is 42.3 Å². The fraction of sp³-hybridized carbons (Fsp3) is 0.111. The average molecular weight is 335 g/mol. The lowest BCUT2D eigenvalue weighted by atomic mass is 10.1. The summed E-state index contributed by atoms with van der Waals surface area (Å²) in [6.07, 6.45) is 3.72. The van der Waals surface area contributed by atoms with Gasteiger partial charge in [0, 0.05) is 12.7 Å². The Morgan fingerprint density at radius 3 is 2.64 bits per heavy atom. The van der Waals surface area contributed by atoms with Crippen LogP contribution in [-0.4, -0.2) is 32.5 Å². The van der Waals surface area contributed by atoms with Crippen molar-refractivity contribution in [3.05, 3.63) is 72.3 Å². The van der Waals surface area contributed by atoms with Gasteiger partial charge >= 0.3 is 0 Å². The predicted molar refractivity (Wildman–Crippen MR) is 93.7 cm³/mol. The fourth-order valence-corrected chi connectivity index (χ4v) is 2.20. The maximum Gasteiger partial charge on any atom is 0.269 e. The minimum Gasteiger partial charge on any atom is -0.508 e. The van der Waals surface area contributed by atoms with Gasteiger partial charge in [0.25, 0.3) is 5.91 Å². The highest BCUT2D eigenvalue weighted by atomic mass is 16.3. The number of anilines is 2. The number of hydrogen-bond donors (Lipinski definition) is 3. The van der Waals surface area contributed by atoms with Crippen LogP contribution in [0.15, 0.2) is 61.1 Å². The number of nitrogens with zero attached hydrogens (tertiary/aromatic N) is 3. The van der Waals surface area contributed by atoms with Crippen LogP contribution in [0.3, 0.4) is 0 Å². The molecule has 0 aliphatic carbocycles. The number of hydrogen-bond acceptors (Lipinski definition) is 6. The number of carbonyl (C=O) groups excluding carboxylic acids is 1. The van der Waals surface area contributed by atoms with E-state index in [4.69, 9.17) is 0 Å². The second-order valence-corrected chi connectivity index (χ2v) is 5.30. The molecule has 7 heteroatoms. The second-order valence-electron chi connectivity index (χ2n) is 5.30. The number of benzene rings is 1. The van der Waals surface area contributed by atoms with Crippen molar-refractivity contribution >= 4 is 17.5 Å². The standard InChI is InChI=1S/C18H17N5O2/c24-14-6-4-13(5-7-14)8-11-20-18(25)15-2-1-3-17(22-15)23-16-9-10-19-12-21-16/h1-7,9-10,12,24H,8,11H2,(H,20,25)(H,19,21,22,23). The number of aromatic nitrogens is 3. The zero-order valence-electron chi connectivity index (χ0n) is 13.4. The molecule has 0 saturated heterocycles. The Hall–Kier alpha value is -3.48. The van der Waals surface area contributed by atoms with Crippen molar-refractivity contribution < 1.29 is 9.90 Å². The molecule has 3 rings (SSSR count). The van der Waals surface area contributed by atoms with E-state index in [1.807, 2.05) is 12.1 Å². The molecule has 2 aromatic heterocycles. The van der Waals surface area contributed by atoms with Gasteiger partial charge in [-0.1, -0.05) is 18.2 Å². The number of phenolic OH excluding ortho intramolecular Hbond substituents is 1. The largest absolute Gasteiger partial charge is 0.508 e. The van der Waals surface area contributed by atoms with E-state index in [9.17, 15) is 9.90 Å². The molecule has 2 heterocycles. The first kappa shape index (κ1) is 16.4. The molecule has 3 aromatic rings. The van der Waals surface area contributed by atoms with Gasteiger partial charge in [-0.3, -0.25) is 4.79 Å². The summed E-state index contributed by atoms with van der Waals surface area (Å²) in [7, 11) is 0. The van der Waals surface area contributed by atoms with Gasteiger partial charge in [0.05, 0.1) is 0 Å².